The summed E-state index contributed by atoms with van der Waals surface area (Å²) in [5.41, 5.74) is 1.53. The van der Waals surface area contributed by atoms with Crippen molar-refractivity contribution in [2.45, 2.75) is 13.0 Å². The van der Waals surface area contributed by atoms with E-state index in [4.69, 9.17) is 14.2 Å². The summed E-state index contributed by atoms with van der Waals surface area (Å²) in [4.78, 5) is 40.1. The smallest absolute Gasteiger partial charge is 0.326 e. The van der Waals surface area contributed by atoms with Crippen LogP contribution in [0.15, 0.2) is 48.7 Å². The van der Waals surface area contributed by atoms with Gasteiger partial charge in [-0.05, 0) is 25.1 Å². The summed E-state index contributed by atoms with van der Waals surface area (Å²) >= 11 is 0. The van der Waals surface area contributed by atoms with Gasteiger partial charge in [0.1, 0.15) is 18.0 Å². The predicted molar refractivity (Wildman–Crippen MR) is 110 cm³/mol. The molecule has 3 rings (SSSR count). The number of hydrogen-bond donors (Lipinski definition) is 2. The van der Waals surface area contributed by atoms with E-state index in [1.807, 2.05) is 24.3 Å². The zero-order chi connectivity index (χ0) is 21.7. The van der Waals surface area contributed by atoms with E-state index in [1.54, 1.807) is 12.3 Å². The molecule has 1 amide bonds. The number of carbonyl (C=O) groups is 3. The Morgan fingerprint density at radius 3 is 2.37 bits per heavy atom. The largest absolute Gasteiger partial charge is 0.497 e. The highest BCUT2D eigenvalue weighted by Gasteiger charge is 2.22. The van der Waals surface area contributed by atoms with Gasteiger partial charge < -0.3 is 24.5 Å². The average molecular weight is 410 g/mol. The Bertz CT molecular complexity index is 1070. The van der Waals surface area contributed by atoms with Crippen molar-refractivity contribution in [3.63, 3.8) is 0 Å². The van der Waals surface area contributed by atoms with E-state index in [-0.39, 0.29) is 17.9 Å². The lowest BCUT2D eigenvalue weighted by atomic mass is 10.1. The summed E-state index contributed by atoms with van der Waals surface area (Å²) in [5.74, 6) is -0.664. The molecule has 0 aliphatic carbocycles. The zero-order valence-electron chi connectivity index (χ0n) is 16.9. The van der Waals surface area contributed by atoms with Crippen LogP contribution < -0.4 is 14.8 Å². The normalized spacial score (nSPS) is 11.6. The maximum absolute atomic E-state index is 12.6. The summed E-state index contributed by atoms with van der Waals surface area (Å²) in [6, 6.07) is 12.0. The van der Waals surface area contributed by atoms with Crippen molar-refractivity contribution < 1.29 is 28.6 Å². The molecule has 3 aromatic rings. The van der Waals surface area contributed by atoms with Crippen LogP contribution in [0.5, 0.6) is 11.5 Å². The fourth-order valence-corrected chi connectivity index (χ4v) is 2.98. The minimum atomic E-state index is -0.995. The van der Waals surface area contributed by atoms with Crippen LogP contribution >= 0.6 is 0 Å². The SMILES string of the molecule is COc1cc(OC)cc(C(=O)NCC(=O)OC(C)C(=O)c2c[nH]c3ccccc23)c1. The standard InChI is InChI=1S/C22H22N2O6/c1-13(21(26)18-11-23-19-7-5-4-6-17(18)19)30-20(25)12-24-22(27)14-8-15(28-2)10-16(9-14)29-3/h4-11,13,23H,12H2,1-3H3,(H,24,27). The number of Topliss-reactive ketones (excluding diaryl/α,β-unsaturated/α-hetero) is 1. The van der Waals surface area contributed by atoms with Crippen LogP contribution in [0.3, 0.4) is 0 Å². The number of hydrogen-bond acceptors (Lipinski definition) is 6. The van der Waals surface area contributed by atoms with Crippen LogP contribution in [0.25, 0.3) is 10.9 Å². The summed E-state index contributed by atoms with van der Waals surface area (Å²) in [6.45, 7) is 1.11. The number of methoxy groups -OCH3 is 2. The first-order valence-electron chi connectivity index (χ1n) is 9.24. The number of amides is 1. The maximum atomic E-state index is 12.6. The number of nitrogens with one attached hydrogen (secondary N) is 2. The molecular formula is C22H22N2O6. The van der Waals surface area contributed by atoms with Crippen LogP contribution in [0, 0.1) is 0 Å². The molecule has 8 heteroatoms. The van der Waals surface area contributed by atoms with Crippen LogP contribution in [-0.4, -0.2) is 49.5 Å². The van der Waals surface area contributed by atoms with Gasteiger partial charge in [-0.25, -0.2) is 0 Å². The summed E-state index contributed by atoms with van der Waals surface area (Å²) in [7, 11) is 2.94. The first-order chi connectivity index (χ1) is 14.4. The molecule has 156 valence electrons. The highest BCUT2D eigenvalue weighted by molar-refractivity contribution is 6.10. The number of aromatic nitrogens is 1. The van der Waals surface area contributed by atoms with E-state index in [0.717, 1.165) is 10.9 Å². The molecular weight excluding hydrogens is 388 g/mol. The lowest BCUT2D eigenvalue weighted by molar-refractivity contribution is -0.145. The van der Waals surface area contributed by atoms with Crippen LogP contribution in [0.2, 0.25) is 0 Å². The molecule has 0 bridgehead atoms. The summed E-state index contributed by atoms with van der Waals surface area (Å²) in [5, 5.41) is 3.22. The van der Waals surface area contributed by atoms with Crippen molar-refractivity contribution in [1.29, 1.82) is 0 Å². The molecule has 1 heterocycles. The minimum absolute atomic E-state index is 0.266. The number of benzene rings is 2. The molecule has 1 unspecified atom stereocenters. The van der Waals surface area contributed by atoms with Gasteiger partial charge in [-0.2, -0.15) is 0 Å². The molecule has 0 radical (unpaired) electrons. The van der Waals surface area contributed by atoms with Gasteiger partial charge in [0, 0.05) is 34.3 Å². The average Bonchev–Trinajstić information content (AvgIpc) is 3.20. The maximum Gasteiger partial charge on any atom is 0.326 e. The monoisotopic (exact) mass is 410 g/mol. The quantitative estimate of drug-likeness (QED) is 0.437. The van der Waals surface area contributed by atoms with E-state index in [0.29, 0.717) is 17.1 Å². The molecule has 0 spiro atoms. The van der Waals surface area contributed by atoms with Crippen LogP contribution in [-0.2, 0) is 9.53 Å². The molecule has 0 saturated carbocycles. The Morgan fingerprint density at radius 1 is 1.03 bits per heavy atom. The molecule has 0 aliphatic heterocycles. The Labute approximate surface area is 173 Å². The number of ketones is 1. The molecule has 1 atom stereocenters. The van der Waals surface area contributed by atoms with E-state index in [1.165, 1.54) is 33.3 Å². The van der Waals surface area contributed by atoms with Gasteiger partial charge in [0.05, 0.1) is 14.2 Å². The molecule has 0 saturated heterocycles. The van der Waals surface area contributed by atoms with E-state index >= 15 is 0 Å². The summed E-state index contributed by atoms with van der Waals surface area (Å²) < 4.78 is 15.4. The van der Waals surface area contributed by atoms with Gasteiger partial charge in [0.15, 0.2) is 6.10 Å². The van der Waals surface area contributed by atoms with E-state index in [9.17, 15) is 14.4 Å². The zero-order valence-corrected chi connectivity index (χ0v) is 16.9. The third-order valence-corrected chi connectivity index (χ3v) is 4.54. The Kier molecular flexibility index (Phi) is 6.36. The van der Waals surface area contributed by atoms with Crippen LogP contribution in [0.1, 0.15) is 27.6 Å². The lowest BCUT2D eigenvalue weighted by Crippen LogP contribution is -2.34. The van der Waals surface area contributed by atoms with Gasteiger partial charge in [-0.3, -0.25) is 14.4 Å². The fourth-order valence-electron chi connectivity index (χ4n) is 2.98. The molecule has 2 N–H and O–H groups in total. The highest BCUT2D eigenvalue weighted by Crippen LogP contribution is 2.22. The molecule has 0 fully saturated rings. The van der Waals surface area contributed by atoms with Gasteiger partial charge in [-0.1, -0.05) is 18.2 Å². The van der Waals surface area contributed by atoms with Crippen molar-refractivity contribution in [3.8, 4) is 11.5 Å². The number of carbonyl (C=O) groups excluding carboxylic acids is 3. The number of aromatic amines is 1. The molecule has 2 aromatic carbocycles. The molecule has 30 heavy (non-hydrogen) atoms. The third kappa shape index (κ3) is 4.60. The molecule has 1 aromatic heterocycles. The second-order valence-electron chi connectivity index (χ2n) is 6.53. The first kappa shape index (κ1) is 20.9. The second-order valence-corrected chi connectivity index (χ2v) is 6.53. The van der Waals surface area contributed by atoms with Crippen molar-refractivity contribution in [1.82, 2.24) is 10.3 Å². The fraction of sp³-hybridized carbons (Fsp3) is 0.227. The predicted octanol–water partition coefficient (Wildman–Crippen LogP) is 2.73. The number of esters is 1. The second kappa shape index (κ2) is 9.13. The summed E-state index contributed by atoms with van der Waals surface area (Å²) in [6.07, 6.45) is 0.598. The van der Waals surface area contributed by atoms with Crippen LogP contribution in [0.4, 0.5) is 0 Å². The van der Waals surface area contributed by atoms with Crippen molar-refractivity contribution >= 4 is 28.6 Å². The number of ether oxygens (including phenoxy) is 3. The Morgan fingerprint density at radius 2 is 1.70 bits per heavy atom. The van der Waals surface area contributed by atoms with Gasteiger partial charge >= 0.3 is 5.97 Å². The van der Waals surface area contributed by atoms with E-state index < -0.39 is 18.0 Å². The molecule has 0 aliphatic rings. The highest BCUT2D eigenvalue weighted by atomic mass is 16.5. The van der Waals surface area contributed by atoms with Gasteiger partial charge in [0.25, 0.3) is 5.91 Å². The Hall–Kier alpha value is -3.81. The van der Waals surface area contributed by atoms with Gasteiger partial charge in [0.2, 0.25) is 5.78 Å². The number of H-pyrrole nitrogens is 1. The first-order valence-corrected chi connectivity index (χ1v) is 9.24. The lowest BCUT2D eigenvalue weighted by Gasteiger charge is -2.13. The number of rotatable bonds is 8. The minimum Gasteiger partial charge on any atom is -0.497 e. The topological polar surface area (TPSA) is 107 Å². The Balaban J connectivity index is 1.59. The number of fused-ring (bicyclic) bond motifs is 1. The van der Waals surface area contributed by atoms with Crippen molar-refractivity contribution in [2.75, 3.05) is 20.8 Å². The third-order valence-electron chi connectivity index (χ3n) is 4.54. The van der Waals surface area contributed by atoms with Gasteiger partial charge in [-0.15, -0.1) is 0 Å². The molecule has 8 nitrogen and oxygen atoms in total. The number of para-hydroxylation sites is 1. The van der Waals surface area contributed by atoms with Crippen molar-refractivity contribution in [3.05, 3.63) is 59.8 Å². The van der Waals surface area contributed by atoms with Crippen molar-refractivity contribution in [2.24, 2.45) is 0 Å². The van der Waals surface area contributed by atoms with E-state index in [2.05, 4.69) is 10.3 Å².